The van der Waals surface area contributed by atoms with Gasteiger partial charge in [0.15, 0.2) is 9.84 Å². The zero-order chi connectivity index (χ0) is 10.9. The molecule has 1 fully saturated rings. The summed E-state index contributed by atoms with van der Waals surface area (Å²) in [5.74, 6) is 0. The maximum atomic E-state index is 11.2. The highest BCUT2D eigenvalue weighted by Gasteiger charge is 2.26. The third kappa shape index (κ3) is 2.39. The molecule has 0 radical (unpaired) electrons. The van der Waals surface area contributed by atoms with E-state index >= 15 is 0 Å². The molecule has 1 aromatic carbocycles. The van der Waals surface area contributed by atoms with Crippen LogP contribution in [0.2, 0.25) is 0 Å². The van der Waals surface area contributed by atoms with Crippen molar-refractivity contribution in [3.05, 3.63) is 24.3 Å². The topological polar surface area (TPSA) is 52.6 Å². The number of rotatable bonds is 2. The predicted octanol–water partition coefficient (Wildman–Crippen LogP) is -0.168. The van der Waals surface area contributed by atoms with Crippen LogP contribution in [-0.4, -0.2) is 35.0 Å². The van der Waals surface area contributed by atoms with Gasteiger partial charge in [-0.25, -0.2) is 8.42 Å². The molecule has 0 saturated carbocycles. The zero-order valence-electron chi connectivity index (χ0n) is 8.34. The smallest absolute Gasteiger partial charge is 0.405 e. The number of benzene rings is 1. The van der Waals surface area contributed by atoms with Crippen LogP contribution < -0.4 is 5.46 Å². The molecule has 0 spiro atoms. The van der Waals surface area contributed by atoms with E-state index in [1.54, 1.807) is 24.3 Å². The fraction of sp³-hybridized carbons (Fsp3) is 0.333. The van der Waals surface area contributed by atoms with E-state index in [1.807, 2.05) is 0 Å². The van der Waals surface area contributed by atoms with Crippen molar-refractivity contribution in [2.24, 2.45) is 0 Å². The van der Waals surface area contributed by atoms with Crippen molar-refractivity contribution in [3.8, 4) is 0 Å². The lowest BCUT2D eigenvalue weighted by Gasteiger charge is -2.04. The monoisotopic (exact) mass is 226 g/mol. The average Bonchev–Trinajstić information content (AvgIpc) is 2.69. The van der Waals surface area contributed by atoms with Crippen LogP contribution >= 0.6 is 0 Å². The van der Waals surface area contributed by atoms with E-state index in [0.29, 0.717) is 18.1 Å². The SMILES string of the molecule is CS(=O)(=O)c1ccc(B2OCCO2)cc1. The van der Waals surface area contributed by atoms with Gasteiger partial charge in [-0.1, -0.05) is 12.1 Å². The van der Waals surface area contributed by atoms with E-state index in [9.17, 15) is 8.42 Å². The Kier molecular flexibility index (Phi) is 2.82. The first kappa shape index (κ1) is 10.7. The Morgan fingerprint density at radius 2 is 1.67 bits per heavy atom. The van der Waals surface area contributed by atoms with Gasteiger partial charge in [0, 0.05) is 6.26 Å². The van der Waals surface area contributed by atoms with E-state index in [4.69, 9.17) is 9.31 Å². The Hall–Kier alpha value is -0.845. The van der Waals surface area contributed by atoms with Gasteiger partial charge in [0.1, 0.15) is 0 Å². The van der Waals surface area contributed by atoms with Gasteiger partial charge in [-0.15, -0.1) is 0 Å². The van der Waals surface area contributed by atoms with E-state index in [0.717, 1.165) is 5.46 Å². The van der Waals surface area contributed by atoms with Gasteiger partial charge < -0.3 is 9.31 Å². The van der Waals surface area contributed by atoms with Crippen LogP contribution in [0.3, 0.4) is 0 Å². The maximum absolute atomic E-state index is 11.2. The first-order chi connectivity index (χ1) is 7.07. The summed E-state index contributed by atoms with van der Waals surface area (Å²) in [6.45, 7) is 1.16. The van der Waals surface area contributed by atoms with E-state index < -0.39 is 9.84 Å². The molecule has 15 heavy (non-hydrogen) atoms. The van der Waals surface area contributed by atoms with Crippen LogP contribution in [0.5, 0.6) is 0 Å². The number of sulfone groups is 1. The Morgan fingerprint density at radius 1 is 1.13 bits per heavy atom. The standard InChI is InChI=1S/C9H11BO4S/c1-15(11,12)9-4-2-8(3-5-9)10-13-6-7-14-10/h2-5H,6-7H2,1H3. The summed E-state index contributed by atoms with van der Waals surface area (Å²) in [6, 6.07) is 6.56. The minimum Gasteiger partial charge on any atom is -0.405 e. The quantitative estimate of drug-likeness (QED) is 0.657. The third-order valence-corrected chi connectivity index (χ3v) is 3.33. The molecule has 2 rings (SSSR count). The molecule has 1 aromatic rings. The van der Waals surface area contributed by atoms with Crippen molar-refractivity contribution in [1.82, 2.24) is 0 Å². The van der Waals surface area contributed by atoms with Crippen molar-refractivity contribution in [1.29, 1.82) is 0 Å². The van der Waals surface area contributed by atoms with Crippen molar-refractivity contribution >= 4 is 22.4 Å². The Morgan fingerprint density at radius 3 is 2.13 bits per heavy atom. The average molecular weight is 226 g/mol. The summed E-state index contributed by atoms with van der Waals surface area (Å²) in [4.78, 5) is 0.309. The molecule has 0 aromatic heterocycles. The summed E-state index contributed by atoms with van der Waals surface area (Å²) >= 11 is 0. The minimum absolute atomic E-state index is 0.309. The Labute approximate surface area is 89.3 Å². The molecule has 1 saturated heterocycles. The molecule has 0 bridgehead atoms. The molecular weight excluding hydrogens is 215 g/mol. The molecule has 1 aliphatic rings. The summed E-state index contributed by atoms with van der Waals surface area (Å²) in [6.07, 6.45) is 1.19. The molecule has 80 valence electrons. The van der Waals surface area contributed by atoms with Crippen molar-refractivity contribution < 1.29 is 17.7 Å². The maximum Gasteiger partial charge on any atom is 0.494 e. The summed E-state index contributed by atoms with van der Waals surface area (Å²) < 4.78 is 33.0. The van der Waals surface area contributed by atoms with Crippen molar-refractivity contribution in [3.63, 3.8) is 0 Å². The van der Waals surface area contributed by atoms with Crippen LogP contribution in [0.1, 0.15) is 0 Å². The minimum atomic E-state index is -3.12. The van der Waals surface area contributed by atoms with Gasteiger partial charge in [-0.2, -0.15) is 0 Å². The molecule has 6 heteroatoms. The van der Waals surface area contributed by atoms with Crippen LogP contribution in [0.4, 0.5) is 0 Å². The Balaban J connectivity index is 2.24. The van der Waals surface area contributed by atoms with Gasteiger partial charge in [0.05, 0.1) is 18.1 Å². The van der Waals surface area contributed by atoms with Crippen molar-refractivity contribution in [2.75, 3.05) is 19.5 Å². The van der Waals surface area contributed by atoms with E-state index in [1.165, 1.54) is 6.26 Å². The van der Waals surface area contributed by atoms with Crippen LogP contribution in [0, 0.1) is 0 Å². The van der Waals surface area contributed by atoms with Gasteiger partial charge in [0.25, 0.3) is 0 Å². The molecular formula is C9H11BO4S. The molecule has 0 N–H and O–H groups in total. The lowest BCUT2D eigenvalue weighted by atomic mass is 9.80. The second-order valence-corrected chi connectivity index (χ2v) is 5.43. The normalized spacial score (nSPS) is 17.0. The molecule has 0 unspecified atom stereocenters. The molecule has 4 nitrogen and oxygen atoms in total. The molecule has 1 heterocycles. The van der Waals surface area contributed by atoms with Crippen molar-refractivity contribution in [2.45, 2.75) is 4.90 Å². The largest absolute Gasteiger partial charge is 0.494 e. The predicted molar refractivity (Wildman–Crippen MR) is 56.8 cm³/mol. The highest BCUT2D eigenvalue weighted by molar-refractivity contribution is 7.90. The fourth-order valence-corrected chi connectivity index (χ4v) is 2.05. The molecule has 0 aliphatic carbocycles. The highest BCUT2D eigenvalue weighted by atomic mass is 32.2. The third-order valence-electron chi connectivity index (χ3n) is 2.20. The van der Waals surface area contributed by atoms with Crippen LogP contribution in [0.15, 0.2) is 29.2 Å². The molecule has 1 aliphatic heterocycles. The lowest BCUT2D eigenvalue weighted by molar-refractivity contribution is 0.365. The van der Waals surface area contributed by atoms with Gasteiger partial charge in [0.2, 0.25) is 0 Å². The summed E-state index contributed by atoms with van der Waals surface area (Å²) in [5.41, 5.74) is 0.847. The highest BCUT2D eigenvalue weighted by Crippen LogP contribution is 2.07. The number of hydrogen-bond donors (Lipinski definition) is 0. The number of hydrogen-bond acceptors (Lipinski definition) is 4. The first-order valence-corrected chi connectivity index (χ1v) is 6.50. The first-order valence-electron chi connectivity index (χ1n) is 4.60. The van der Waals surface area contributed by atoms with E-state index in [-0.39, 0.29) is 7.12 Å². The van der Waals surface area contributed by atoms with Crippen LogP contribution in [0.25, 0.3) is 0 Å². The lowest BCUT2D eigenvalue weighted by Crippen LogP contribution is -2.31. The van der Waals surface area contributed by atoms with Gasteiger partial charge in [-0.05, 0) is 17.6 Å². The molecule has 0 atom stereocenters. The second-order valence-electron chi connectivity index (χ2n) is 3.41. The fourth-order valence-electron chi connectivity index (χ4n) is 1.42. The van der Waals surface area contributed by atoms with Crippen LogP contribution in [-0.2, 0) is 19.1 Å². The second kappa shape index (κ2) is 3.96. The zero-order valence-corrected chi connectivity index (χ0v) is 9.16. The Bertz CT molecular complexity index is 434. The molecule has 0 amide bonds. The van der Waals surface area contributed by atoms with Gasteiger partial charge in [-0.3, -0.25) is 0 Å². The van der Waals surface area contributed by atoms with Gasteiger partial charge >= 0.3 is 7.12 Å². The van der Waals surface area contributed by atoms with E-state index in [2.05, 4.69) is 0 Å². The summed E-state index contributed by atoms with van der Waals surface area (Å²) in [5, 5.41) is 0. The summed E-state index contributed by atoms with van der Waals surface area (Å²) in [7, 11) is -3.47.